The molecule has 20 N–H and O–H groups in total. The average Bonchev–Trinajstić information content (AvgIpc) is 2.95. The molecular formula is C23H46N14O7. The van der Waals surface area contributed by atoms with Gasteiger partial charge in [-0.1, -0.05) is 0 Å². The van der Waals surface area contributed by atoms with E-state index in [1.165, 1.54) is 0 Å². The van der Waals surface area contributed by atoms with Gasteiger partial charge in [-0.15, -0.1) is 0 Å². The van der Waals surface area contributed by atoms with Crippen molar-refractivity contribution in [2.24, 2.45) is 55.1 Å². The number of hydrogen-bond acceptors (Lipinski definition) is 10. The topological polar surface area (TPSA) is 393 Å². The van der Waals surface area contributed by atoms with Crippen LogP contribution in [0.3, 0.4) is 0 Å². The highest BCUT2D eigenvalue weighted by Crippen LogP contribution is 2.05. The van der Waals surface area contributed by atoms with E-state index < -0.39 is 66.9 Å². The van der Waals surface area contributed by atoms with Gasteiger partial charge in [-0.05, 0) is 38.5 Å². The van der Waals surface area contributed by atoms with Gasteiger partial charge in [0, 0.05) is 19.6 Å². The van der Waals surface area contributed by atoms with Crippen molar-refractivity contribution in [1.29, 1.82) is 0 Å². The minimum absolute atomic E-state index is 0.0256. The number of aliphatic imine (C=N–C) groups is 3. The number of amides is 4. The summed E-state index contributed by atoms with van der Waals surface area (Å²) in [5, 5.41) is 28.8. The van der Waals surface area contributed by atoms with Crippen LogP contribution in [0.15, 0.2) is 15.0 Å². The fourth-order valence-electron chi connectivity index (χ4n) is 3.57. The first kappa shape index (κ1) is 39.1. The molecule has 250 valence electrons. The summed E-state index contributed by atoms with van der Waals surface area (Å²) in [6, 6.07) is -5.36. The quantitative estimate of drug-likeness (QED) is 0.0300. The summed E-state index contributed by atoms with van der Waals surface area (Å²) in [6.07, 6.45) is 0.703. The normalized spacial score (nSPS) is 13.1. The lowest BCUT2D eigenvalue weighted by atomic mass is 10.1. The Kier molecular flexibility index (Phi) is 19.3. The second kappa shape index (κ2) is 21.7. The smallest absolute Gasteiger partial charge is 0.326 e. The minimum atomic E-state index is -1.58. The van der Waals surface area contributed by atoms with E-state index in [4.69, 9.17) is 40.1 Å². The maximum Gasteiger partial charge on any atom is 0.326 e. The van der Waals surface area contributed by atoms with Crippen molar-refractivity contribution in [2.45, 2.75) is 62.7 Å². The molecule has 0 unspecified atom stereocenters. The van der Waals surface area contributed by atoms with Crippen LogP contribution in [0, 0.1) is 0 Å². The van der Waals surface area contributed by atoms with Gasteiger partial charge in [-0.3, -0.25) is 34.2 Å². The highest BCUT2D eigenvalue weighted by molar-refractivity contribution is 5.95. The van der Waals surface area contributed by atoms with E-state index in [0.717, 1.165) is 0 Å². The lowest BCUT2D eigenvalue weighted by Gasteiger charge is -2.25. The zero-order valence-electron chi connectivity index (χ0n) is 24.4. The van der Waals surface area contributed by atoms with Crippen LogP contribution >= 0.6 is 0 Å². The Bertz CT molecular complexity index is 1040. The molecule has 0 radical (unpaired) electrons. The van der Waals surface area contributed by atoms with Gasteiger partial charge in [0.15, 0.2) is 17.9 Å². The molecule has 0 aliphatic rings. The molecule has 0 aromatic carbocycles. The number of rotatable bonds is 22. The molecule has 4 atom stereocenters. The molecule has 0 aromatic rings. The monoisotopic (exact) mass is 630 g/mol. The molecule has 0 aromatic heterocycles. The van der Waals surface area contributed by atoms with Crippen LogP contribution in [-0.2, 0) is 24.0 Å². The van der Waals surface area contributed by atoms with Gasteiger partial charge < -0.3 is 71.6 Å². The van der Waals surface area contributed by atoms with Gasteiger partial charge in [0.05, 0.1) is 13.2 Å². The fraction of sp³-hybridized carbons (Fsp3) is 0.652. The van der Waals surface area contributed by atoms with E-state index >= 15 is 0 Å². The van der Waals surface area contributed by atoms with Gasteiger partial charge >= 0.3 is 5.97 Å². The maximum atomic E-state index is 13.2. The minimum Gasteiger partial charge on any atom is -0.480 e. The molecule has 0 bridgehead atoms. The second-order valence-electron chi connectivity index (χ2n) is 9.38. The van der Waals surface area contributed by atoms with Crippen LogP contribution in [0.1, 0.15) is 38.5 Å². The Labute approximate surface area is 253 Å². The Balaban J connectivity index is 5.71. The number of carboxylic acids is 1. The third kappa shape index (κ3) is 17.8. The van der Waals surface area contributed by atoms with E-state index in [1.807, 2.05) is 0 Å². The van der Waals surface area contributed by atoms with E-state index in [-0.39, 0.29) is 76.0 Å². The van der Waals surface area contributed by atoms with E-state index in [9.17, 15) is 34.2 Å². The number of nitrogens with zero attached hydrogens (tertiary/aromatic N) is 3. The fourth-order valence-corrected chi connectivity index (χ4v) is 3.57. The number of aliphatic hydroxyl groups excluding tert-OH is 1. The van der Waals surface area contributed by atoms with Crippen LogP contribution in [0.4, 0.5) is 0 Å². The summed E-state index contributed by atoms with van der Waals surface area (Å²) >= 11 is 0. The van der Waals surface area contributed by atoms with Crippen molar-refractivity contribution in [3.8, 4) is 0 Å². The average molecular weight is 631 g/mol. The molecule has 0 rings (SSSR count). The first-order valence-corrected chi connectivity index (χ1v) is 13.6. The summed E-state index contributed by atoms with van der Waals surface area (Å²) in [6.45, 7) is -0.931. The van der Waals surface area contributed by atoms with Crippen molar-refractivity contribution in [2.75, 3.05) is 32.8 Å². The summed E-state index contributed by atoms with van der Waals surface area (Å²) in [5.74, 6) is -5.15. The van der Waals surface area contributed by atoms with Crippen molar-refractivity contribution in [3.63, 3.8) is 0 Å². The highest BCUT2D eigenvalue weighted by atomic mass is 16.4. The lowest BCUT2D eigenvalue weighted by molar-refractivity contribution is -0.142. The van der Waals surface area contributed by atoms with Crippen molar-refractivity contribution < 1.29 is 34.2 Å². The summed E-state index contributed by atoms with van der Waals surface area (Å²) in [7, 11) is 0. The molecule has 0 aliphatic carbocycles. The summed E-state index contributed by atoms with van der Waals surface area (Å²) in [4.78, 5) is 74.0. The Morgan fingerprint density at radius 1 is 0.568 bits per heavy atom. The van der Waals surface area contributed by atoms with Gasteiger partial charge in [-0.25, -0.2) is 4.79 Å². The molecule has 0 heterocycles. The molecule has 0 spiro atoms. The zero-order chi connectivity index (χ0) is 33.7. The number of carboxylic acid groups (broad SMARTS) is 1. The standard InChI is InChI=1S/C23H46N14O7/c24-10-16(39)34-12(4-1-7-31-21(25)26)17(40)35-13(5-2-8-32-22(27)28)18(41)37-15(11-38)19(42)36-14(20(43)44)6-3-9-33-23(29)30/h12-15,38H,1-11,24H2,(H,34,39)(H,35,40)(H,36,42)(H,37,41)(H,43,44)(H4,25,26,31)(H4,27,28,32)(H4,29,30,33)/t12-,13-,14-,15-/m0/s1. The first-order chi connectivity index (χ1) is 20.7. The van der Waals surface area contributed by atoms with Crippen molar-refractivity contribution in [1.82, 2.24) is 21.3 Å². The maximum absolute atomic E-state index is 13.2. The van der Waals surface area contributed by atoms with E-state index in [1.54, 1.807) is 0 Å². The number of carbonyl (C=O) groups is 5. The highest BCUT2D eigenvalue weighted by Gasteiger charge is 2.30. The molecule has 21 nitrogen and oxygen atoms in total. The summed E-state index contributed by atoms with van der Waals surface area (Å²) < 4.78 is 0. The number of aliphatic hydroxyl groups is 1. The number of nitrogens with two attached hydrogens (primary N) is 7. The number of aliphatic carboxylic acids is 1. The predicted molar refractivity (Wildman–Crippen MR) is 161 cm³/mol. The zero-order valence-corrected chi connectivity index (χ0v) is 24.4. The third-order valence-electron chi connectivity index (χ3n) is 5.74. The van der Waals surface area contributed by atoms with Crippen LogP contribution in [-0.4, -0.2) is 115 Å². The van der Waals surface area contributed by atoms with Crippen molar-refractivity contribution in [3.05, 3.63) is 0 Å². The molecule has 0 aliphatic heterocycles. The molecule has 4 amide bonds. The van der Waals surface area contributed by atoms with Crippen LogP contribution in [0.2, 0.25) is 0 Å². The van der Waals surface area contributed by atoms with Gasteiger partial charge in [0.1, 0.15) is 24.2 Å². The lowest BCUT2D eigenvalue weighted by Crippen LogP contribution is -2.58. The van der Waals surface area contributed by atoms with Gasteiger partial charge in [0.25, 0.3) is 0 Å². The number of carbonyl (C=O) groups excluding carboxylic acids is 4. The van der Waals surface area contributed by atoms with Crippen LogP contribution in [0.5, 0.6) is 0 Å². The van der Waals surface area contributed by atoms with Crippen LogP contribution < -0.4 is 61.4 Å². The molecule has 0 fully saturated rings. The number of hydrogen-bond donors (Lipinski definition) is 13. The van der Waals surface area contributed by atoms with Crippen LogP contribution in [0.25, 0.3) is 0 Å². The largest absolute Gasteiger partial charge is 0.480 e. The van der Waals surface area contributed by atoms with E-state index in [0.29, 0.717) is 0 Å². The molecule has 21 heteroatoms. The Morgan fingerprint density at radius 2 is 0.909 bits per heavy atom. The van der Waals surface area contributed by atoms with Gasteiger partial charge in [0.2, 0.25) is 23.6 Å². The Morgan fingerprint density at radius 3 is 1.27 bits per heavy atom. The second-order valence-corrected chi connectivity index (χ2v) is 9.38. The summed E-state index contributed by atoms with van der Waals surface area (Å²) in [5.41, 5.74) is 37.1. The number of guanidine groups is 3. The predicted octanol–water partition coefficient (Wildman–Crippen LogP) is -6.88. The van der Waals surface area contributed by atoms with Crippen molar-refractivity contribution >= 4 is 47.5 Å². The first-order valence-electron chi connectivity index (χ1n) is 13.6. The number of nitrogens with one attached hydrogen (secondary N) is 4. The van der Waals surface area contributed by atoms with Gasteiger partial charge in [-0.2, -0.15) is 0 Å². The molecular weight excluding hydrogens is 584 g/mol. The third-order valence-corrected chi connectivity index (χ3v) is 5.74. The van der Waals surface area contributed by atoms with E-state index in [2.05, 4.69) is 36.2 Å². The molecule has 44 heavy (non-hydrogen) atoms. The molecule has 0 saturated heterocycles. The SMILES string of the molecule is NCC(=O)N[C@@H](CCCN=C(N)N)C(=O)N[C@@H](CCCN=C(N)N)C(=O)N[C@@H](CO)C(=O)N[C@@H](CCCN=C(N)N)C(=O)O. The Hall–Kier alpha value is -4.92. The molecule has 0 saturated carbocycles.